The van der Waals surface area contributed by atoms with Gasteiger partial charge in [-0.05, 0) is 39.0 Å². The van der Waals surface area contributed by atoms with Crippen molar-refractivity contribution in [2.24, 2.45) is 0 Å². The lowest BCUT2D eigenvalue weighted by Gasteiger charge is -2.45. The van der Waals surface area contributed by atoms with Crippen LogP contribution < -0.4 is 20.3 Å². The minimum absolute atomic E-state index is 0.147. The van der Waals surface area contributed by atoms with Gasteiger partial charge in [0, 0.05) is 18.8 Å². The molecule has 2 aromatic heterocycles. The molecule has 2 aliphatic heterocycles. The molecule has 0 bridgehead atoms. The second kappa shape index (κ2) is 6.33. The van der Waals surface area contributed by atoms with Gasteiger partial charge in [0.1, 0.15) is 11.3 Å². The Labute approximate surface area is 173 Å². The number of fused-ring (bicyclic) bond motifs is 2. The molecule has 3 aromatic rings. The average molecular weight is 409 g/mol. The number of carbonyl (C=O) groups is 1. The summed E-state index contributed by atoms with van der Waals surface area (Å²) in [4.78, 5) is 23.5. The number of furan rings is 1. The SMILES string of the molecule is CN(c1nc(Nc2ccc3c(c2)NC(=O)C(C)(C)O3)nc2ccoc12)C1(C)COC1. The Hall–Kier alpha value is -3.33. The summed E-state index contributed by atoms with van der Waals surface area (Å²) in [6.07, 6.45) is 1.60. The normalized spacial score (nSPS) is 18.7. The van der Waals surface area contributed by atoms with Crippen LogP contribution in [-0.4, -0.2) is 47.3 Å². The number of anilines is 4. The average Bonchev–Trinajstić information content (AvgIpc) is 3.14. The van der Waals surface area contributed by atoms with Gasteiger partial charge in [0.05, 0.1) is 30.7 Å². The molecule has 4 heterocycles. The van der Waals surface area contributed by atoms with E-state index in [-0.39, 0.29) is 11.4 Å². The standard InChI is InChI=1S/C21H23N5O4/c1-20(2)18(27)23-14-9-12(5-6-15(14)30-20)22-19-24-13-7-8-29-16(13)17(25-19)26(4)21(3)10-28-11-21/h5-9H,10-11H2,1-4H3,(H,23,27)(H,22,24,25). The number of aromatic nitrogens is 2. The molecule has 30 heavy (non-hydrogen) atoms. The fourth-order valence-electron chi connectivity index (χ4n) is 3.50. The van der Waals surface area contributed by atoms with E-state index < -0.39 is 5.60 Å². The van der Waals surface area contributed by atoms with Gasteiger partial charge < -0.3 is 29.4 Å². The molecule has 156 valence electrons. The van der Waals surface area contributed by atoms with E-state index in [4.69, 9.17) is 18.9 Å². The van der Waals surface area contributed by atoms with E-state index in [1.165, 1.54) is 0 Å². The maximum Gasteiger partial charge on any atom is 0.268 e. The Morgan fingerprint density at radius 3 is 2.70 bits per heavy atom. The summed E-state index contributed by atoms with van der Waals surface area (Å²) < 4.78 is 16.8. The molecule has 0 aliphatic carbocycles. The van der Waals surface area contributed by atoms with Crippen molar-refractivity contribution in [2.45, 2.75) is 31.9 Å². The van der Waals surface area contributed by atoms with Crippen molar-refractivity contribution < 1.29 is 18.7 Å². The Kier molecular flexibility index (Phi) is 3.94. The number of nitrogens with one attached hydrogen (secondary N) is 2. The van der Waals surface area contributed by atoms with Crippen molar-refractivity contribution >= 4 is 40.1 Å². The van der Waals surface area contributed by atoms with Gasteiger partial charge >= 0.3 is 0 Å². The van der Waals surface area contributed by atoms with Crippen molar-refractivity contribution in [2.75, 3.05) is 35.8 Å². The molecule has 0 saturated carbocycles. The second-order valence-electron chi connectivity index (χ2n) is 8.46. The predicted molar refractivity (Wildman–Crippen MR) is 112 cm³/mol. The van der Waals surface area contributed by atoms with Gasteiger partial charge in [0.25, 0.3) is 5.91 Å². The summed E-state index contributed by atoms with van der Waals surface area (Å²) in [5.41, 5.74) is 1.61. The van der Waals surface area contributed by atoms with Crippen LogP contribution in [0.25, 0.3) is 11.1 Å². The van der Waals surface area contributed by atoms with E-state index in [0.717, 1.165) is 5.69 Å². The van der Waals surface area contributed by atoms with Crippen molar-refractivity contribution in [3.63, 3.8) is 0 Å². The van der Waals surface area contributed by atoms with Gasteiger partial charge in [-0.15, -0.1) is 0 Å². The molecular weight excluding hydrogens is 386 g/mol. The van der Waals surface area contributed by atoms with E-state index in [1.54, 1.807) is 26.2 Å². The number of likely N-dealkylation sites (N-methyl/N-ethyl adjacent to an activating group) is 1. The van der Waals surface area contributed by atoms with E-state index in [2.05, 4.69) is 27.4 Å². The van der Waals surface area contributed by atoms with E-state index in [9.17, 15) is 4.79 Å². The zero-order valence-electron chi connectivity index (χ0n) is 17.3. The lowest BCUT2D eigenvalue weighted by molar-refractivity contribution is -0.129. The highest BCUT2D eigenvalue weighted by molar-refractivity contribution is 6.00. The molecule has 5 rings (SSSR count). The van der Waals surface area contributed by atoms with E-state index >= 15 is 0 Å². The number of benzene rings is 1. The van der Waals surface area contributed by atoms with E-state index in [0.29, 0.717) is 47.5 Å². The quantitative estimate of drug-likeness (QED) is 0.677. The molecule has 0 unspecified atom stereocenters. The summed E-state index contributed by atoms with van der Waals surface area (Å²) in [5.74, 6) is 1.55. The van der Waals surface area contributed by atoms with Crippen LogP contribution >= 0.6 is 0 Å². The fourth-order valence-corrected chi connectivity index (χ4v) is 3.50. The van der Waals surface area contributed by atoms with E-state index in [1.807, 2.05) is 25.2 Å². The summed E-state index contributed by atoms with van der Waals surface area (Å²) in [6.45, 7) is 6.83. The van der Waals surface area contributed by atoms with Gasteiger partial charge in [-0.25, -0.2) is 4.98 Å². The Balaban J connectivity index is 1.48. The number of amides is 1. The van der Waals surface area contributed by atoms with Crippen molar-refractivity contribution in [3.8, 4) is 5.75 Å². The Morgan fingerprint density at radius 1 is 1.17 bits per heavy atom. The van der Waals surface area contributed by atoms with Crippen molar-refractivity contribution in [1.82, 2.24) is 9.97 Å². The third-order valence-corrected chi connectivity index (χ3v) is 5.64. The molecule has 9 nitrogen and oxygen atoms in total. The number of rotatable bonds is 4. The molecule has 0 radical (unpaired) electrons. The molecule has 0 atom stereocenters. The lowest BCUT2D eigenvalue weighted by Crippen LogP contribution is -2.59. The molecule has 2 N–H and O–H groups in total. The number of carbonyl (C=O) groups excluding carboxylic acids is 1. The first kappa shape index (κ1) is 18.7. The van der Waals surface area contributed by atoms with Crippen LogP contribution in [0.1, 0.15) is 20.8 Å². The van der Waals surface area contributed by atoms with Gasteiger partial charge in [0.2, 0.25) is 5.95 Å². The smallest absolute Gasteiger partial charge is 0.268 e. The van der Waals surface area contributed by atoms with Crippen LogP contribution in [0.15, 0.2) is 34.9 Å². The molecule has 1 amide bonds. The third-order valence-electron chi connectivity index (χ3n) is 5.64. The molecule has 2 aliphatic rings. The zero-order valence-corrected chi connectivity index (χ0v) is 17.3. The maximum atomic E-state index is 12.2. The van der Waals surface area contributed by atoms with Crippen LogP contribution in [0.2, 0.25) is 0 Å². The summed E-state index contributed by atoms with van der Waals surface area (Å²) in [5, 5.41) is 6.11. The summed E-state index contributed by atoms with van der Waals surface area (Å²) in [6, 6.07) is 7.28. The van der Waals surface area contributed by atoms with Gasteiger partial charge in [0.15, 0.2) is 17.0 Å². The first-order valence-electron chi connectivity index (χ1n) is 9.74. The molecule has 1 saturated heterocycles. The minimum Gasteiger partial charge on any atom is -0.476 e. The van der Waals surface area contributed by atoms with Crippen LogP contribution in [0.4, 0.5) is 23.1 Å². The first-order valence-corrected chi connectivity index (χ1v) is 9.74. The Bertz CT molecular complexity index is 1150. The third kappa shape index (κ3) is 2.93. The molecule has 1 fully saturated rings. The van der Waals surface area contributed by atoms with Crippen molar-refractivity contribution in [3.05, 3.63) is 30.5 Å². The van der Waals surface area contributed by atoms with Crippen LogP contribution in [0.5, 0.6) is 5.75 Å². The number of hydrogen-bond donors (Lipinski definition) is 2. The number of ether oxygens (including phenoxy) is 2. The highest BCUT2D eigenvalue weighted by atomic mass is 16.5. The monoisotopic (exact) mass is 409 g/mol. The highest BCUT2D eigenvalue weighted by Crippen LogP contribution is 2.37. The molecule has 0 spiro atoms. The van der Waals surface area contributed by atoms with Crippen LogP contribution in [0, 0.1) is 0 Å². The van der Waals surface area contributed by atoms with Crippen LogP contribution in [-0.2, 0) is 9.53 Å². The predicted octanol–water partition coefficient (Wildman–Crippen LogP) is 3.30. The second-order valence-corrected chi connectivity index (χ2v) is 8.46. The van der Waals surface area contributed by atoms with Gasteiger partial charge in [-0.1, -0.05) is 0 Å². The van der Waals surface area contributed by atoms with Gasteiger partial charge in [-0.3, -0.25) is 4.79 Å². The summed E-state index contributed by atoms with van der Waals surface area (Å²) >= 11 is 0. The number of hydrogen-bond acceptors (Lipinski definition) is 8. The topological polar surface area (TPSA) is 102 Å². The minimum atomic E-state index is -0.905. The number of nitrogens with zero attached hydrogens (tertiary/aromatic N) is 3. The molecule has 1 aromatic carbocycles. The first-order chi connectivity index (χ1) is 14.2. The Morgan fingerprint density at radius 2 is 1.97 bits per heavy atom. The van der Waals surface area contributed by atoms with Gasteiger partial charge in [-0.2, -0.15) is 4.98 Å². The fraction of sp³-hybridized carbons (Fsp3) is 0.381. The highest BCUT2D eigenvalue weighted by Gasteiger charge is 2.39. The lowest BCUT2D eigenvalue weighted by atomic mass is 9.98. The van der Waals surface area contributed by atoms with Crippen LogP contribution in [0.3, 0.4) is 0 Å². The zero-order chi connectivity index (χ0) is 21.1. The largest absolute Gasteiger partial charge is 0.476 e. The molecular formula is C21H23N5O4. The molecule has 9 heteroatoms. The van der Waals surface area contributed by atoms with Crippen molar-refractivity contribution in [1.29, 1.82) is 0 Å². The maximum absolute atomic E-state index is 12.2. The summed E-state index contributed by atoms with van der Waals surface area (Å²) in [7, 11) is 1.98.